The highest BCUT2D eigenvalue weighted by atomic mass is 19.4. The number of hydrogen-bond donors (Lipinski definition) is 1. The van der Waals surface area contributed by atoms with Crippen LogP contribution in [0.1, 0.15) is 17.3 Å². The maximum Gasteiger partial charge on any atom is 0.574 e. The summed E-state index contributed by atoms with van der Waals surface area (Å²) in [6, 6.07) is 0.614. The van der Waals surface area contributed by atoms with Gasteiger partial charge < -0.3 is 19.3 Å². The first-order valence-electron chi connectivity index (χ1n) is 4.99. The molecule has 0 radical (unpaired) electrons. The lowest BCUT2D eigenvalue weighted by Crippen LogP contribution is -2.18. The summed E-state index contributed by atoms with van der Waals surface area (Å²) in [4.78, 5) is 14.7. The van der Waals surface area contributed by atoms with E-state index in [9.17, 15) is 23.1 Å². The minimum absolute atomic E-state index is 0.0155. The molecule has 1 aromatic rings. The molecule has 0 amide bonds. The molecule has 1 rings (SSSR count). The fourth-order valence-electron chi connectivity index (χ4n) is 1.17. The van der Waals surface area contributed by atoms with E-state index in [0.29, 0.717) is 6.07 Å². The normalized spacial score (nSPS) is 11.0. The number of carbonyl (C=O) groups excluding carboxylic acids is 1. The number of carbonyl (C=O) groups is 1. The Kier molecular flexibility index (Phi) is 4.41. The molecular weight excluding hydrogens is 271 g/mol. The third-order valence-electron chi connectivity index (χ3n) is 1.85. The predicted octanol–water partition coefficient (Wildman–Crippen LogP) is 1.87. The van der Waals surface area contributed by atoms with Gasteiger partial charge in [-0.25, -0.2) is 4.79 Å². The molecule has 1 N–H and O–H groups in total. The summed E-state index contributed by atoms with van der Waals surface area (Å²) in [6.07, 6.45) is -4.99. The quantitative estimate of drug-likeness (QED) is 0.849. The second kappa shape index (κ2) is 5.63. The Labute approximate surface area is 105 Å². The van der Waals surface area contributed by atoms with Crippen LogP contribution in [0.15, 0.2) is 6.07 Å². The number of alkyl halides is 3. The van der Waals surface area contributed by atoms with Crippen molar-refractivity contribution in [3.63, 3.8) is 0 Å². The Morgan fingerprint density at radius 1 is 1.47 bits per heavy atom. The van der Waals surface area contributed by atoms with E-state index >= 15 is 0 Å². The molecule has 0 atom stereocenters. The molecule has 0 aliphatic rings. The predicted molar refractivity (Wildman–Crippen MR) is 55.1 cm³/mol. The number of methoxy groups -OCH3 is 1. The van der Waals surface area contributed by atoms with E-state index in [1.807, 2.05) is 0 Å². The van der Waals surface area contributed by atoms with Crippen molar-refractivity contribution >= 4 is 5.97 Å². The van der Waals surface area contributed by atoms with Crippen molar-refractivity contribution in [2.75, 3.05) is 13.7 Å². The number of aromatic hydroxyl groups is 1. The molecule has 0 fully saturated rings. The molecule has 0 aliphatic heterocycles. The van der Waals surface area contributed by atoms with Crippen LogP contribution in [0.4, 0.5) is 13.2 Å². The first kappa shape index (κ1) is 14.9. The first-order chi connectivity index (χ1) is 8.78. The zero-order valence-corrected chi connectivity index (χ0v) is 9.95. The maximum absolute atomic E-state index is 12.1. The van der Waals surface area contributed by atoms with Gasteiger partial charge in [-0.05, 0) is 6.92 Å². The van der Waals surface area contributed by atoms with E-state index < -0.39 is 35.4 Å². The molecule has 9 heteroatoms. The highest BCUT2D eigenvalue weighted by Gasteiger charge is 2.33. The molecule has 19 heavy (non-hydrogen) atoms. The molecular formula is C10H10F3NO5. The second-order valence-electron chi connectivity index (χ2n) is 3.13. The number of esters is 1. The number of halogens is 3. The van der Waals surface area contributed by atoms with Crippen molar-refractivity contribution < 1.29 is 37.3 Å². The lowest BCUT2D eigenvalue weighted by atomic mass is 10.2. The number of hydrogen-bond acceptors (Lipinski definition) is 6. The molecule has 0 unspecified atom stereocenters. The standard InChI is InChI=1S/C10H10F3NO5/c1-3-18-9(16)5-4-6(19-10(11,12)13)14-8(17-2)7(5)15/h4,15H,3H2,1-2H3. The lowest BCUT2D eigenvalue weighted by molar-refractivity contribution is -0.276. The Bertz CT molecular complexity index is 475. The molecule has 106 valence electrons. The van der Waals surface area contributed by atoms with Gasteiger partial charge in [0.15, 0.2) is 5.75 Å². The summed E-state index contributed by atoms with van der Waals surface area (Å²) in [5.41, 5.74) is -0.534. The van der Waals surface area contributed by atoms with Crippen molar-refractivity contribution in [3.05, 3.63) is 11.6 Å². The zero-order valence-electron chi connectivity index (χ0n) is 9.95. The van der Waals surface area contributed by atoms with Gasteiger partial charge in [0.2, 0.25) is 5.88 Å². The third-order valence-corrected chi connectivity index (χ3v) is 1.85. The van der Waals surface area contributed by atoms with E-state index in [4.69, 9.17) is 0 Å². The smallest absolute Gasteiger partial charge is 0.502 e. The highest BCUT2D eigenvalue weighted by Crippen LogP contribution is 2.33. The molecule has 0 spiro atoms. The fraction of sp³-hybridized carbons (Fsp3) is 0.400. The van der Waals surface area contributed by atoms with Crippen molar-refractivity contribution in [1.82, 2.24) is 4.98 Å². The molecule has 1 heterocycles. The number of rotatable bonds is 4. The van der Waals surface area contributed by atoms with Gasteiger partial charge in [0.1, 0.15) is 5.56 Å². The van der Waals surface area contributed by atoms with E-state index in [1.165, 1.54) is 6.92 Å². The molecule has 6 nitrogen and oxygen atoms in total. The van der Waals surface area contributed by atoms with Gasteiger partial charge in [-0.15, -0.1) is 13.2 Å². The van der Waals surface area contributed by atoms with E-state index in [1.54, 1.807) is 0 Å². The Balaban J connectivity index is 3.22. The summed E-state index contributed by atoms with van der Waals surface area (Å²) < 4.78 is 48.9. The summed E-state index contributed by atoms with van der Waals surface area (Å²) in [5.74, 6) is -3.27. The summed E-state index contributed by atoms with van der Waals surface area (Å²) in [5, 5.41) is 9.58. The number of pyridine rings is 1. The lowest BCUT2D eigenvalue weighted by Gasteiger charge is -2.12. The van der Waals surface area contributed by atoms with Crippen LogP contribution < -0.4 is 9.47 Å². The summed E-state index contributed by atoms with van der Waals surface area (Å²) in [6.45, 7) is 1.48. The van der Waals surface area contributed by atoms with Gasteiger partial charge in [0, 0.05) is 6.07 Å². The van der Waals surface area contributed by atoms with Gasteiger partial charge in [-0.3, -0.25) is 0 Å². The number of nitrogens with zero attached hydrogens (tertiary/aromatic N) is 1. The van der Waals surface area contributed by atoms with Gasteiger partial charge in [-0.1, -0.05) is 0 Å². The largest absolute Gasteiger partial charge is 0.574 e. The van der Waals surface area contributed by atoms with Crippen LogP contribution in [-0.4, -0.2) is 36.1 Å². The highest BCUT2D eigenvalue weighted by molar-refractivity contribution is 5.93. The Morgan fingerprint density at radius 2 is 2.11 bits per heavy atom. The van der Waals surface area contributed by atoms with Crippen LogP contribution in [0.3, 0.4) is 0 Å². The second-order valence-corrected chi connectivity index (χ2v) is 3.13. The Hall–Kier alpha value is -2.19. The van der Waals surface area contributed by atoms with Gasteiger partial charge in [-0.2, -0.15) is 4.98 Å². The van der Waals surface area contributed by atoms with Crippen molar-refractivity contribution in [2.45, 2.75) is 13.3 Å². The minimum atomic E-state index is -4.99. The third kappa shape index (κ3) is 3.90. The van der Waals surface area contributed by atoms with Crippen LogP contribution in [0.5, 0.6) is 17.5 Å². The number of aromatic nitrogens is 1. The minimum Gasteiger partial charge on any atom is -0.502 e. The molecule has 0 saturated heterocycles. The van der Waals surface area contributed by atoms with E-state index in [2.05, 4.69) is 19.2 Å². The van der Waals surface area contributed by atoms with Crippen LogP contribution in [0.25, 0.3) is 0 Å². The Morgan fingerprint density at radius 3 is 2.58 bits per heavy atom. The topological polar surface area (TPSA) is 77.9 Å². The first-order valence-corrected chi connectivity index (χ1v) is 4.99. The van der Waals surface area contributed by atoms with Gasteiger partial charge in [0.25, 0.3) is 5.88 Å². The van der Waals surface area contributed by atoms with Crippen LogP contribution in [-0.2, 0) is 4.74 Å². The fourth-order valence-corrected chi connectivity index (χ4v) is 1.17. The van der Waals surface area contributed by atoms with Crippen LogP contribution in [0, 0.1) is 0 Å². The molecule has 0 aliphatic carbocycles. The van der Waals surface area contributed by atoms with Gasteiger partial charge in [0.05, 0.1) is 13.7 Å². The molecule has 0 bridgehead atoms. The molecule has 0 aromatic carbocycles. The summed E-state index contributed by atoms with van der Waals surface area (Å²) >= 11 is 0. The SMILES string of the molecule is CCOC(=O)c1cc(OC(F)(F)F)nc(OC)c1O. The van der Waals surface area contributed by atoms with Crippen molar-refractivity contribution in [1.29, 1.82) is 0 Å². The van der Waals surface area contributed by atoms with Crippen molar-refractivity contribution in [2.24, 2.45) is 0 Å². The van der Waals surface area contributed by atoms with Crippen LogP contribution in [0.2, 0.25) is 0 Å². The van der Waals surface area contributed by atoms with E-state index in [0.717, 1.165) is 7.11 Å². The molecule has 1 aromatic heterocycles. The maximum atomic E-state index is 12.1. The number of ether oxygens (including phenoxy) is 3. The average Bonchev–Trinajstić information content (AvgIpc) is 2.29. The monoisotopic (exact) mass is 281 g/mol. The van der Waals surface area contributed by atoms with E-state index in [-0.39, 0.29) is 6.61 Å². The summed E-state index contributed by atoms with van der Waals surface area (Å²) in [7, 11) is 1.06. The van der Waals surface area contributed by atoms with Gasteiger partial charge >= 0.3 is 12.3 Å². The zero-order chi connectivity index (χ0) is 14.6. The molecule has 0 saturated carbocycles. The van der Waals surface area contributed by atoms with Crippen molar-refractivity contribution in [3.8, 4) is 17.5 Å². The van der Waals surface area contributed by atoms with Crippen LogP contribution >= 0.6 is 0 Å². The average molecular weight is 281 g/mol.